The quantitative estimate of drug-likeness (QED) is 0.246. The molecule has 170 valence electrons. The van der Waals surface area contributed by atoms with Crippen molar-refractivity contribution in [2.24, 2.45) is 4.99 Å². The van der Waals surface area contributed by atoms with E-state index in [0.29, 0.717) is 23.0 Å². The van der Waals surface area contributed by atoms with Crippen LogP contribution in [0.1, 0.15) is 38.8 Å². The zero-order valence-corrected chi connectivity index (χ0v) is 23.8. The lowest BCUT2D eigenvalue weighted by atomic mass is 10.1. The predicted molar refractivity (Wildman–Crippen MR) is 149 cm³/mol. The highest BCUT2D eigenvalue weighted by Gasteiger charge is 2.35. The minimum absolute atomic E-state index is 0.0163. The van der Waals surface area contributed by atoms with E-state index in [0.717, 1.165) is 19.9 Å². The van der Waals surface area contributed by atoms with Gasteiger partial charge in [-0.2, -0.15) is 0 Å². The fourth-order valence-electron chi connectivity index (χ4n) is 3.10. The molecule has 0 atom stereocenters. The highest BCUT2D eigenvalue weighted by Crippen LogP contribution is 2.38. The van der Waals surface area contributed by atoms with Crippen molar-refractivity contribution in [1.82, 2.24) is 4.90 Å². The lowest BCUT2D eigenvalue weighted by Gasteiger charge is -2.20. The molecule has 0 unspecified atom stereocenters. The summed E-state index contributed by atoms with van der Waals surface area (Å²) in [5.41, 5.74) is 1.98. The van der Waals surface area contributed by atoms with Gasteiger partial charge in [-0.05, 0) is 126 Å². The number of ether oxygens (including phenoxy) is 2. The second-order valence-electron chi connectivity index (χ2n) is 7.83. The number of thioether (sulfide) groups is 1. The van der Waals surface area contributed by atoms with E-state index < -0.39 is 0 Å². The van der Waals surface area contributed by atoms with Crippen molar-refractivity contribution in [3.8, 4) is 11.5 Å². The summed E-state index contributed by atoms with van der Waals surface area (Å²) in [7, 11) is 1.63. The third-order valence-electron chi connectivity index (χ3n) is 4.57. The highest BCUT2D eigenvalue weighted by molar-refractivity contribution is 14.1. The summed E-state index contributed by atoms with van der Waals surface area (Å²) >= 11 is 5.96. The van der Waals surface area contributed by atoms with Gasteiger partial charge in [0, 0.05) is 15.7 Å². The standard InChI is InChI=1S/C24H26I2N2O3S/c1-14(2)27-24-28(15(3)4)23(29)21(32-24)12-17-10-19(26)22(20(11-17)30-5)31-13-16-6-8-18(25)9-7-16/h6-12,14-15H,13H2,1-5H3/b21-12+,27-24?. The Labute approximate surface area is 221 Å². The van der Waals surface area contributed by atoms with E-state index in [-0.39, 0.29) is 18.0 Å². The first-order valence-corrected chi connectivity index (χ1v) is 13.2. The fraction of sp³-hybridized carbons (Fsp3) is 0.333. The van der Waals surface area contributed by atoms with Crippen molar-refractivity contribution in [3.05, 3.63) is 59.6 Å². The normalized spacial score (nSPS) is 16.7. The number of methoxy groups -OCH3 is 1. The number of amidine groups is 1. The van der Waals surface area contributed by atoms with E-state index in [2.05, 4.69) is 74.4 Å². The predicted octanol–water partition coefficient (Wildman–Crippen LogP) is 6.57. The number of carbonyl (C=O) groups is 1. The molecule has 3 rings (SSSR count). The van der Waals surface area contributed by atoms with E-state index in [4.69, 9.17) is 9.47 Å². The average molecular weight is 676 g/mol. The van der Waals surface area contributed by atoms with Gasteiger partial charge in [0.05, 0.1) is 15.6 Å². The minimum atomic E-state index is -0.0163. The number of rotatable bonds is 7. The average Bonchev–Trinajstić information content (AvgIpc) is 3.02. The Morgan fingerprint density at radius 3 is 2.41 bits per heavy atom. The zero-order valence-electron chi connectivity index (χ0n) is 18.7. The molecule has 1 aliphatic rings. The number of amides is 1. The second-order valence-corrected chi connectivity index (χ2v) is 11.3. The van der Waals surface area contributed by atoms with Gasteiger partial charge in [0.15, 0.2) is 16.7 Å². The van der Waals surface area contributed by atoms with Crippen LogP contribution in [0.15, 0.2) is 46.3 Å². The van der Waals surface area contributed by atoms with Gasteiger partial charge in [0.25, 0.3) is 5.91 Å². The number of hydrogen-bond acceptors (Lipinski definition) is 5. The summed E-state index contributed by atoms with van der Waals surface area (Å²) in [6.45, 7) is 8.49. The first kappa shape index (κ1) is 25.4. The summed E-state index contributed by atoms with van der Waals surface area (Å²) in [5.74, 6) is 1.32. The van der Waals surface area contributed by atoms with E-state index in [1.165, 1.54) is 15.3 Å². The lowest BCUT2D eigenvalue weighted by Crippen LogP contribution is -2.35. The number of halogens is 2. The van der Waals surface area contributed by atoms with Crippen molar-refractivity contribution >= 4 is 74.1 Å². The molecule has 2 aromatic rings. The third-order valence-corrected chi connectivity index (χ3v) is 7.09. The Balaban J connectivity index is 1.87. The van der Waals surface area contributed by atoms with Gasteiger partial charge in [-0.15, -0.1) is 0 Å². The Bertz CT molecular complexity index is 1050. The first-order chi connectivity index (χ1) is 15.2. The Morgan fingerprint density at radius 2 is 1.81 bits per heavy atom. The van der Waals surface area contributed by atoms with E-state index >= 15 is 0 Å². The van der Waals surface area contributed by atoms with Crippen molar-refractivity contribution < 1.29 is 14.3 Å². The molecule has 0 bridgehead atoms. The largest absolute Gasteiger partial charge is 0.493 e. The van der Waals surface area contributed by atoms with Gasteiger partial charge < -0.3 is 9.47 Å². The molecule has 0 aliphatic carbocycles. The van der Waals surface area contributed by atoms with E-state index in [1.807, 2.05) is 45.9 Å². The van der Waals surface area contributed by atoms with Crippen molar-refractivity contribution in [2.45, 2.75) is 46.4 Å². The van der Waals surface area contributed by atoms with Crippen molar-refractivity contribution in [2.75, 3.05) is 7.11 Å². The van der Waals surface area contributed by atoms with E-state index in [9.17, 15) is 4.79 Å². The molecule has 0 N–H and O–H groups in total. The first-order valence-electron chi connectivity index (χ1n) is 10.2. The Morgan fingerprint density at radius 1 is 1.12 bits per heavy atom. The number of aliphatic imine (C=N–C) groups is 1. The van der Waals surface area contributed by atoms with Crippen LogP contribution in [0.3, 0.4) is 0 Å². The minimum Gasteiger partial charge on any atom is -0.493 e. The molecule has 0 saturated carbocycles. The fourth-order valence-corrected chi connectivity index (χ4v) is 5.48. The van der Waals surface area contributed by atoms with Crippen LogP contribution in [-0.4, -0.2) is 35.2 Å². The van der Waals surface area contributed by atoms with Crippen molar-refractivity contribution in [3.63, 3.8) is 0 Å². The molecular formula is C24H26I2N2O3S. The maximum Gasteiger partial charge on any atom is 0.266 e. The molecule has 32 heavy (non-hydrogen) atoms. The van der Waals surface area contributed by atoms with Crippen LogP contribution in [-0.2, 0) is 11.4 Å². The van der Waals surface area contributed by atoms with Crippen LogP contribution in [0.2, 0.25) is 0 Å². The van der Waals surface area contributed by atoms with Crippen LogP contribution < -0.4 is 9.47 Å². The summed E-state index contributed by atoms with van der Waals surface area (Å²) in [5, 5.41) is 0.755. The second kappa shape index (κ2) is 11.2. The summed E-state index contributed by atoms with van der Waals surface area (Å²) in [6, 6.07) is 12.3. The molecule has 0 radical (unpaired) electrons. The van der Waals surface area contributed by atoms with Gasteiger partial charge in [-0.25, -0.2) is 0 Å². The van der Waals surface area contributed by atoms with Gasteiger partial charge in [-0.3, -0.25) is 14.7 Å². The van der Waals surface area contributed by atoms with Gasteiger partial charge in [0.2, 0.25) is 0 Å². The molecule has 5 nitrogen and oxygen atoms in total. The third kappa shape index (κ3) is 6.19. The molecule has 1 amide bonds. The summed E-state index contributed by atoms with van der Waals surface area (Å²) in [4.78, 5) is 20.1. The Kier molecular flexibility index (Phi) is 8.90. The van der Waals surface area contributed by atoms with E-state index in [1.54, 1.807) is 12.0 Å². The smallest absolute Gasteiger partial charge is 0.266 e. The van der Waals surface area contributed by atoms with Crippen LogP contribution in [0.5, 0.6) is 11.5 Å². The maximum absolute atomic E-state index is 13.0. The number of nitrogens with zero attached hydrogens (tertiary/aromatic N) is 2. The van der Waals surface area contributed by atoms with Gasteiger partial charge >= 0.3 is 0 Å². The molecule has 0 spiro atoms. The molecule has 8 heteroatoms. The SMILES string of the molecule is COc1cc(/C=C2/SC(=NC(C)C)N(C(C)C)C2=O)cc(I)c1OCc1ccc(I)cc1. The molecule has 1 fully saturated rings. The number of benzene rings is 2. The van der Waals surface area contributed by atoms with Gasteiger partial charge in [0.1, 0.15) is 6.61 Å². The molecular weight excluding hydrogens is 650 g/mol. The topological polar surface area (TPSA) is 51.1 Å². The van der Waals surface area contributed by atoms with Crippen LogP contribution in [0.25, 0.3) is 6.08 Å². The molecule has 2 aromatic carbocycles. The van der Waals surface area contributed by atoms with Crippen LogP contribution in [0.4, 0.5) is 0 Å². The maximum atomic E-state index is 13.0. The molecule has 1 aliphatic heterocycles. The zero-order chi connectivity index (χ0) is 23.4. The Hall–Kier alpha value is -1.27. The number of carbonyl (C=O) groups excluding carboxylic acids is 1. The monoisotopic (exact) mass is 676 g/mol. The highest BCUT2D eigenvalue weighted by atomic mass is 127. The summed E-state index contributed by atoms with van der Waals surface area (Å²) in [6.07, 6.45) is 1.90. The number of hydrogen-bond donors (Lipinski definition) is 0. The molecule has 1 saturated heterocycles. The van der Waals surface area contributed by atoms with Crippen LogP contribution in [0, 0.1) is 7.14 Å². The molecule has 0 aromatic heterocycles. The molecule has 1 heterocycles. The summed E-state index contributed by atoms with van der Waals surface area (Å²) < 4.78 is 13.8. The van der Waals surface area contributed by atoms with Crippen molar-refractivity contribution in [1.29, 1.82) is 0 Å². The van der Waals surface area contributed by atoms with Crippen LogP contribution >= 0.6 is 56.9 Å². The lowest BCUT2D eigenvalue weighted by molar-refractivity contribution is -0.123. The van der Waals surface area contributed by atoms with Gasteiger partial charge in [-0.1, -0.05) is 12.1 Å².